The molecule has 0 radical (unpaired) electrons. The van der Waals surface area contributed by atoms with Crippen LogP contribution in [0, 0.1) is 0 Å². The Morgan fingerprint density at radius 2 is 1.85 bits per heavy atom. The van der Waals surface area contributed by atoms with Gasteiger partial charge < -0.3 is 10.5 Å². The van der Waals surface area contributed by atoms with Crippen molar-refractivity contribution in [3.05, 3.63) is 41.8 Å². The number of para-hydroxylation sites is 1. The molecule has 0 aliphatic heterocycles. The van der Waals surface area contributed by atoms with Gasteiger partial charge in [0.15, 0.2) is 5.75 Å². The van der Waals surface area contributed by atoms with E-state index in [1.807, 2.05) is 41.8 Å². The first kappa shape index (κ1) is 8.13. The van der Waals surface area contributed by atoms with Crippen LogP contribution in [-0.4, -0.2) is 0 Å². The molecule has 13 heavy (non-hydrogen) atoms. The first-order valence-electron chi connectivity index (χ1n) is 3.92. The van der Waals surface area contributed by atoms with Crippen LogP contribution in [0.2, 0.25) is 0 Å². The topological polar surface area (TPSA) is 35.2 Å². The van der Waals surface area contributed by atoms with E-state index in [0.29, 0.717) is 5.00 Å². The summed E-state index contributed by atoms with van der Waals surface area (Å²) in [6.45, 7) is 0. The Bertz CT molecular complexity index is 383. The minimum absolute atomic E-state index is 0.712. The third kappa shape index (κ3) is 1.81. The first-order chi connectivity index (χ1) is 6.36. The van der Waals surface area contributed by atoms with Gasteiger partial charge in [0.05, 0.1) is 0 Å². The maximum absolute atomic E-state index is 5.68. The van der Waals surface area contributed by atoms with Gasteiger partial charge >= 0.3 is 0 Å². The summed E-state index contributed by atoms with van der Waals surface area (Å²) in [7, 11) is 0. The van der Waals surface area contributed by atoms with E-state index < -0.39 is 0 Å². The van der Waals surface area contributed by atoms with Crippen molar-refractivity contribution in [3.8, 4) is 11.5 Å². The van der Waals surface area contributed by atoms with E-state index in [-0.39, 0.29) is 0 Å². The molecule has 0 fully saturated rings. The number of benzene rings is 1. The molecule has 2 N–H and O–H groups in total. The normalized spacial score (nSPS) is 9.85. The number of ether oxygens (including phenoxy) is 1. The van der Waals surface area contributed by atoms with Crippen LogP contribution in [0.1, 0.15) is 0 Å². The Labute approximate surface area is 80.6 Å². The van der Waals surface area contributed by atoms with Gasteiger partial charge in [0.1, 0.15) is 10.8 Å². The highest BCUT2D eigenvalue weighted by atomic mass is 32.1. The van der Waals surface area contributed by atoms with Crippen LogP contribution in [0.5, 0.6) is 11.5 Å². The van der Waals surface area contributed by atoms with Gasteiger partial charge in [-0.3, -0.25) is 0 Å². The fourth-order valence-electron chi connectivity index (χ4n) is 1.01. The molecular formula is C10H9NOS. The highest BCUT2D eigenvalue weighted by Gasteiger charge is 2.01. The second-order valence-corrected chi connectivity index (χ2v) is 3.51. The predicted molar refractivity (Wildman–Crippen MR) is 55.2 cm³/mol. The molecule has 0 amide bonds. The quantitative estimate of drug-likeness (QED) is 0.791. The van der Waals surface area contributed by atoms with Crippen LogP contribution in [-0.2, 0) is 0 Å². The van der Waals surface area contributed by atoms with Crippen LogP contribution < -0.4 is 10.5 Å². The summed E-state index contributed by atoms with van der Waals surface area (Å²) < 4.78 is 5.53. The smallest absolute Gasteiger partial charge is 0.161 e. The minimum atomic E-state index is 0.712. The summed E-state index contributed by atoms with van der Waals surface area (Å²) in [5.74, 6) is 1.55. The lowest BCUT2D eigenvalue weighted by atomic mass is 10.3. The molecule has 0 spiro atoms. The van der Waals surface area contributed by atoms with Crippen molar-refractivity contribution >= 4 is 16.3 Å². The lowest BCUT2D eigenvalue weighted by Crippen LogP contribution is -1.86. The molecule has 3 heteroatoms. The highest BCUT2D eigenvalue weighted by Crippen LogP contribution is 2.31. The molecule has 0 saturated heterocycles. The monoisotopic (exact) mass is 191 g/mol. The number of thiophene rings is 1. The minimum Gasteiger partial charge on any atom is -0.454 e. The molecule has 0 unspecified atom stereocenters. The fraction of sp³-hybridized carbons (Fsp3) is 0. The third-order valence-corrected chi connectivity index (χ3v) is 2.36. The van der Waals surface area contributed by atoms with E-state index >= 15 is 0 Å². The number of nitrogens with two attached hydrogens (primary N) is 1. The van der Waals surface area contributed by atoms with Crippen LogP contribution in [0.3, 0.4) is 0 Å². The van der Waals surface area contributed by atoms with E-state index in [2.05, 4.69) is 0 Å². The predicted octanol–water partition coefficient (Wildman–Crippen LogP) is 3.12. The maximum atomic E-state index is 5.68. The van der Waals surface area contributed by atoms with Crippen LogP contribution >= 0.6 is 11.3 Å². The molecule has 2 rings (SSSR count). The maximum Gasteiger partial charge on any atom is 0.161 e. The van der Waals surface area contributed by atoms with Crippen molar-refractivity contribution in [2.24, 2.45) is 0 Å². The van der Waals surface area contributed by atoms with E-state index in [1.165, 1.54) is 11.3 Å². The molecule has 2 nitrogen and oxygen atoms in total. The van der Waals surface area contributed by atoms with Crippen molar-refractivity contribution in [3.63, 3.8) is 0 Å². The molecular weight excluding hydrogens is 182 g/mol. The largest absolute Gasteiger partial charge is 0.454 e. The Hall–Kier alpha value is -1.48. The summed E-state index contributed by atoms with van der Waals surface area (Å²) >= 11 is 1.48. The average molecular weight is 191 g/mol. The third-order valence-electron chi connectivity index (χ3n) is 1.63. The standard InChI is InChI=1S/C10H9NOS/c11-10-9(6-7-13-10)12-8-4-2-1-3-5-8/h1-7H,11H2. The van der Waals surface area contributed by atoms with E-state index in [4.69, 9.17) is 10.5 Å². The van der Waals surface area contributed by atoms with Crippen molar-refractivity contribution in [2.45, 2.75) is 0 Å². The van der Waals surface area contributed by atoms with E-state index in [1.54, 1.807) is 0 Å². The molecule has 2 aromatic rings. The van der Waals surface area contributed by atoms with Crippen LogP contribution in [0.15, 0.2) is 41.8 Å². The SMILES string of the molecule is Nc1sccc1Oc1ccccc1. The Kier molecular flexibility index (Phi) is 2.19. The fourth-order valence-corrected chi connectivity index (χ4v) is 1.57. The Balaban J connectivity index is 2.20. The zero-order valence-corrected chi connectivity index (χ0v) is 7.75. The van der Waals surface area contributed by atoms with Crippen molar-refractivity contribution in [1.82, 2.24) is 0 Å². The zero-order chi connectivity index (χ0) is 9.10. The molecule has 1 aromatic carbocycles. The van der Waals surface area contributed by atoms with Crippen LogP contribution in [0.4, 0.5) is 5.00 Å². The molecule has 1 aromatic heterocycles. The van der Waals surface area contributed by atoms with Gasteiger partial charge in [-0.15, -0.1) is 11.3 Å². The molecule has 0 aliphatic carbocycles. The molecule has 0 saturated carbocycles. The van der Waals surface area contributed by atoms with Gasteiger partial charge in [-0.05, 0) is 23.6 Å². The van der Waals surface area contributed by atoms with Crippen molar-refractivity contribution in [2.75, 3.05) is 5.73 Å². The molecule has 0 atom stereocenters. The van der Waals surface area contributed by atoms with Crippen molar-refractivity contribution < 1.29 is 4.74 Å². The second-order valence-electron chi connectivity index (χ2n) is 2.56. The lowest BCUT2D eigenvalue weighted by Gasteiger charge is -2.02. The summed E-state index contributed by atoms with van der Waals surface area (Å²) in [5.41, 5.74) is 5.68. The van der Waals surface area contributed by atoms with E-state index in [0.717, 1.165) is 11.5 Å². The lowest BCUT2D eigenvalue weighted by molar-refractivity contribution is 0.487. The summed E-state index contributed by atoms with van der Waals surface area (Å²) in [6, 6.07) is 11.5. The Morgan fingerprint density at radius 3 is 2.46 bits per heavy atom. The van der Waals surface area contributed by atoms with Gasteiger partial charge in [-0.1, -0.05) is 18.2 Å². The van der Waals surface area contributed by atoms with E-state index in [9.17, 15) is 0 Å². The highest BCUT2D eigenvalue weighted by molar-refractivity contribution is 7.14. The van der Waals surface area contributed by atoms with Gasteiger partial charge in [0.2, 0.25) is 0 Å². The molecule has 0 bridgehead atoms. The number of rotatable bonds is 2. The first-order valence-corrected chi connectivity index (χ1v) is 4.80. The number of nitrogen functional groups attached to an aromatic ring is 1. The number of hydrogen-bond donors (Lipinski definition) is 1. The van der Waals surface area contributed by atoms with Gasteiger partial charge in [0.25, 0.3) is 0 Å². The Morgan fingerprint density at radius 1 is 1.08 bits per heavy atom. The number of anilines is 1. The molecule has 0 aliphatic rings. The molecule has 1 heterocycles. The van der Waals surface area contributed by atoms with Gasteiger partial charge in [-0.2, -0.15) is 0 Å². The zero-order valence-electron chi connectivity index (χ0n) is 6.94. The molecule has 66 valence electrons. The average Bonchev–Trinajstić information content (AvgIpc) is 2.54. The van der Waals surface area contributed by atoms with Gasteiger partial charge in [-0.25, -0.2) is 0 Å². The van der Waals surface area contributed by atoms with Crippen LogP contribution in [0.25, 0.3) is 0 Å². The summed E-state index contributed by atoms with van der Waals surface area (Å²) in [5, 5.41) is 2.62. The summed E-state index contributed by atoms with van der Waals surface area (Å²) in [6.07, 6.45) is 0. The number of hydrogen-bond acceptors (Lipinski definition) is 3. The summed E-state index contributed by atoms with van der Waals surface area (Å²) in [4.78, 5) is 0. The second kappa shape index (κ2) is 3.49. The van der Waals surface area contributed by atoms with Crippen molar-refractivity contribution in [1.29, 1.82) is 0 Å². The van der Waals surface area contributed by atoms with Gasteiger partial charge in [0, 0.05) is 0 Å².